The summed E-state index contributed by atoms with van der Waals surface area (Å²) in [4.78, 5) is 15.3. The highest BCUT2D eigenvalue weighted by atomic mass is 32.1. The maximum absolute atomic E-state index is 11.5. The van der Waals surface area contributed by atoms with Crippen LogP contribution in [0.5, 0.6) is 0 Å². The molecular formula is C14H21NOS. The summed E-state index contributed by atoms with van der Waals surface area (Å²) in [6, 6.07) is 4.56. The van der Waals surface area contributed by atoms with E-state index in [1.54, 1.807) is 18.3 Å². The van der Waals surface area contributed by atoms with E-state index >= 15 is 0 Å². The lowest BCUT2D eigenvalue weighted by Gasteiger charge is -2.36. The van der Waals surface area contributed by atoms with Gasteiger partial charge in [0.25, 0.3) is 0 Å². The quantitative estimate of drug-likeness (QED) is 0.816. The standard InChI is InChI=1S/C14H21NOS/c1-11-5-3-7-15(10-11)13(9-12(2)16)14-6-4-8-17-14/h4,6,8,11,13H,3,5,7,9-10H2,1-2H3. The lowest BCUT2D eigenvalue weighted by molar-refractivity contribution is -0.118. The second-order valence-electron chi connectivity index (χ2n) is 5.18. The molecule has 0 aromatic carbocycles. The second kappa shape index (κ2) is 5.78. The Bertz CT molecular complexity index is 360. The zero-order chi connectivity index (χ0) is 12.3. The molecule has 0 radical (unpaired) electrons. The van der Waals surface area contributed by atoms with E-state index in [2.05, 4.69) is 29.3 Å². The van der Waals surface area contributed by atoms with Gasteiger partial charge in [-0.15, -0.1) is 11.3 Å². The Hall–Kier alpha value is -0.670. The van der Waals surface area contributed by atoms with Crippen molar-refractivity contribution in [3.63, 3.8) is 0 Å². The highest BCUT2D eigenvalue weighted by Gasteiger charge is 2.26. The van der Waals surface area contributed by atoms with Gasteiger partial charge in [0.05, 0.1) is 6.04 Å². The van der Waals surface area contributed by atoms with Gasteiger partial charge in [0.2, 0.25) is 0 Å². The third-order valence-electron chi connectivity index (χ3n) is 3.48. The summed E-state index contributed by atoms with van der Waals surface area (Å²) >= 11 is 1.77. The molecule has 1 saturated heterocycles. The van der Waals surface area contributed by atoms with Crippen molar-refractivity contribution in [2.24, 2.45) is 5.92 Å². The van der Waals surface area contributed by atoms with Crippen LogP contribution in [0, 0.1) is 5.92 Å². The molecule has 1 aliphatic rings. The zero-order valence-electron chi connectivity index (χ0n) is 10.7. The third-order valence-corrected chi connectivity index (χ3v) is 4.46. The van der Waals surface area contributed by atoms with Gasteiger partial charge < -0.3 is 0 Å². The summed E-state index contributed by atoms with van der Waals surface area (Å²) in [6.45, 7) is 6.29. The van der Waals surface area contributed by atoms with E-state index in [1.165, 1.54) is 17.7 Å². The zero-order valence-corrected chi connectivity index (χ0v) is 11.5. The number of piperidine rings is 1. The Kier molecular flexibility index (Phi) is 4.35. The first-order valence-corrected chi connectivity index (χ1v) is 7.31. The fourth-order valence-electron chi connectivity index (χ4n) is 2.67. The maximum atomic E-state index is 11.5. The highest BCUT2D eigenvalue weighted by molar-refractivity contribution is 7.10. The summed E-state index contributed by atoms with van der Waals surface area (Å²) in [5.41, 5.74) is 0. The van der Waals surface area contributed by atoms with Gasteiger partial charge in [-0.2, -0.15) is 0 Å². The number of Topliss-reactive ketones (excluding diaryl/α,β-unsaturated/α-hetero) is 1. The summed E-state index contributed by atoms with van der Waals surface area (Å²) in [7, 11) is 0. The molecule has 3 heteroatoms. The minimum atomic E-state index is 0.293. The third kappa shape index (κ3) is 3.39. The summed E-state index contributed by atoms with van der Waals surface area (Å²) < 4.78 is 0. The Balaban J connectivity index is 2.12. The molecular weight excluding hydrogens is 230 g/mol. The molecule has 0 saturated carbocycles. The van der Waals surface area contributed by atoms with Crippen LogP contribution in [-0.2, 0) is 4.79 Å². The highest BCUT2D eigenvalue weighted by Crippen LogP contribution is 2.31. The minimum absolute atomic E-state index is 0.293. The van der Waals surface area contributed by atoms with Gasteiger partial charge in [-0.25, -0.2) is 0 Å². The van der Waals surface area contributed by atoms with Gasteiger partial charge in [-0.1, -0.05) is 13.0 Å². The molecule has 1 aromatic heterocycles. The molecule has 2 unspecified atom stereocenters. The lowest BCUT2D eigenvalue weighted by Crippen LogP contribution is -2.37. The van der Waals surface area contributed by atoms with Crippen LogP contribution in [0.25, 0.3) is 0 Å². The molecule has 17 heavy (non-hydrogen) atoms. The topological polar surface area (TPSA) is 20.3 Å². The SMILES string of the molecule is CC(=O)CC(c1cccs1)N1CCCC(C)C1. The van der Waals surface area contributed by atoms with Crippen LogP contribution >= 0.6 is 11.3 Å². The minimum Gasteiger partial charge on any atom is -0.300 e. The van der Waals surface area contributed by atoms with Crippen LogP contribution in [-0.4, -0.2) is 23.8 Å². The number of likely N-dealkylation sites (tertiary alicyclic amines) is 1. The molecule has 94 valence electrons. The van der Waals surface area contributed by atoms with Crippen molar-refractivity contribution in [1.29, 1.82) is 0 Å². The van der Waals surface area contributed by atoms with E-state index in [0.717, 1.165) is 19.0 Å². The molecule has 1 fully saturated rings. The van der Waals surface area contributed by atoms with Crippen molar-refractivity contribution >= 4 is 17.1 Å². The van der Waals surface area contributed by atoms with Crippen LogP contribution < -0.4 is 0 Å². The Morgan fingerprint density at radius 1 is 1.65 bits per heavy atom. The first-order chi connectivity index (χ1) is 8.16. The first-order valence-electron chi connectivity index (χ1n) is 6.43. The number of ketones is 1. The van der Waals surface area contributed by atoms with E-state index in [-0.39, 0.29) is 0 Å². The number of hydrogen-bond donors (Lipinski definition) is 0. The number of rotatable bonds is 4. The van der Waals surface area contributed by atoms with E-state index in [1.807, 2.05) is 0 Å². The van der Waals surface area contributed by atoms with Crippen molar-refractivity contribution < 1.29 is 4.79 Å². The molecule has 2 atom stereocenters. The molecule has 0 bridgehead atoms. The van der Waals surface area contributed by atoms with E-state index in [0.29, 0.717) is 18.2 Å². The van der Waals surface area contributed by atoms with Crippen LogP contribution in [0.3, 0.4) is 0 Å². The van der Waals surface area contributed by atoms with E-state index in [9.17, 15) is 4.79 Å². The van der Waals surface area contributed by atoms with Gasteiger partial charge in [-0.3, -0.25) is 9.69 Å². The molecule has 0 aliphatic carbocycles. The Labute approximate surface area is 108 Å². The molecule has 2 rings (SSSR count). The number of hydrogen-bond acceptors (Lipinski definition) is 3. The molecule has 0 amide bonds. The van der Waals surface area contributed by atoms with E-state index < -0.39 is 0 Å². The van der Waals surface area contributed by atoms with Crippen molar-refractivity contribution in [3.05, 3.63) is 22.4 Å². The monoisotopic (exact) mass is 251 g/mol. The van der Waals surface area contributed by atoms with Crippen LogP contribution in [0.1, 0.15) is 44.0 Å². The Morgan fingerprint density at radius 3 is 3.06 bits per heavy atom. The molecule has 0 spiro atoms. The van der Waals surface area contributed by atoms with Crippen LogP contribution in [0.2, 0.25) is 0 Å². The average molecular weight is 251 g/mol. The van der Waals surface area contributed by atoms with Crippen LogP contribution in [0.4, 0.5) is 0 Å². The number of thiophene rings is 1. The predicted molar refractivity (Wildman–Crippen MR) is 72.3 cm³/mol. The first kappa shape index (κ1) is 12.8. The van der Waals surface area contributed by atoms with Crippen molar-refractivity contribution in [3.8, 4) is 0 Å². The van der Waals surface area contributed by atoms with Crippen molar-refractivity contribution in [2.75, 3.05) is 13.1 Å². The molecule has 0 N–H and O–H groups in total. The summed E-state index contributed by atoms with van der Waals surface area (Å²) in [5, 5.41) is 2.11. The van der Waals surface area contributed by atoms with Gasteiger partial charge in [0.15, 0.2) is 0 Å². The number of carbonyl (C=O) groups is 1. The second-order valence-corrected chi connectivity index (χ2v) is 6.16. The van der Waals surface area contributed by atoms with Gasteiger partial charge >= 0.3 is 0 Å². The fourth-order valence-corrected chi connectivity index (χ4v) is 3.53. The smallest absolute Gasteiger partial charge is 0.131 e. The number of carbonyl (C=O) groups excluding carboxylic acids is 1. The maximum Gasteiger partial charge on any atom is 0.131 e. The summed E-state index contributed by atoms with van der Waals surface area (Å²) in [5.74, 6) is 1.06. The predicted octanol–water partition coefficient (Wildman–Crippen LogP) is 3.50. The normalized spacial score (nSPS) is 23.5. The van der Waals surface area contributed by atoms with Gasteiger partial charge in [0.1, 0.15) is 5.78 Å². The number of nitrogens with zero attached hydrogens (tertiary/aromatic N) is 1. The Morgan fingerprint density at radius 2 is 2.47 bits per heavy atom. The van der Waals surface area contributed by atoms with Crippen molar-refractivity contribution in [2.45, 2.75) is 39.2 Å². The fraction of sp³-hybridized carbons (Fsp3) is 0.643. The lowest BCUT2D eigenvalue weighted by atomic mass is 9.97. The largest absolute Gasteiger partial charge is 0.300 e. The summed E-state index contributed by atoms with van der Waals surface area (Å²) in [6.07, 6.45) is 3.25. The van der Waals surface area contributed by atoms with Crippen molar-refractivity contribution in [1.82, 2.24) is 4.90 Å². The molecule has 1 aromatic rings. The van der Waals surface area contributed by atoms with E-state index in [4.69, 9.17) is 0 Å². The molecule has 1 aliphatic heterocycles. The molecule has 2 heterocycles. The molecule has 2 nitrogen and oxygen atoms in total. The van der Waals surface area contributed by atoms with Gasteiger partial charge in [-0.05, 0) is 43.7 Å². The van der Waals surface area contributed by atoms with Gasteiger partial charge in [0, 0.05) is 17.8 Å². The van der Waals surface area contributed by atoms with Crippen LogP contribution in [0.15, 0.2) is 17.5 Å². The average Bonchev–Trinajstić information content (AvgIpc) is 2.79.